The van der Waals surface area contributed by atoms with Crippen LogP contribution in [0.4, 0.5) is 0 Å². The molecule has 0 saturated carbocycles. The Morgan fingerprint density at radius 1 is 1.45 bits per heavy atom. The molecule has 0 spiro atoms. The van der Waals surface area contributed by atoms with Gasteiger partial charge in [-0.2, -0.15) is 0 Å². The van der Waals surface area contributed by atoms with Gasteiger partial charge in [-0.05, 0) is 12.8 Å². The maximum Gasteiger partial charge on any atom is 0.177 e. The van der Waals surface area contributed by atoms with Crippen molar-refractivity contribution in [1.29, 1.82) is 0 Å². The molecular weight excluding hydrogens is 142 g/mol. The molecule has 64 valence electrons. The molecule has 3 heteroatoms. The van der Waals surface area contributed by atoms with Crippen molar-refractivity contribution in [2.45, 2.75) is 39.5 Å². The van der Waals surface area contributed by atoms with Crippen LogP contribution in [0.25, 0.3) is 0 Å². The molecule has 11 heavy (non-hydrogen) atoms. The quantitative estimate of drug-likeness (QED) is 0.287. The minimum absolute atomic E-state index is 0.136. The van der Waals surface area contributed by atoms with Crippen LogP contribution in [0.5, 0.6) is 0 Å². The molecule has 0 aliphatic carbocycles. The molecule has 0 fully saturated rings. The van der Waals surface area contributed by atoms with Crippen LogP contribution in [0.2, 0.25) is 0 Å². The number of hydrogen-bond acceptors (Lipinski definition) is 3. The molecule has 3 nitrogen and oxygen atoms in total. The Morgan fingerprint density at radius 3 is 2.45 bits per heavy atom. The lowest BCUT2D eigenvalue weighted by molar-refractivity contribution is -0.111. The summed E-state index contributed by atoms with van der Waals surface area (Å²) in [5.74, 6) is -0.136. The smallest absolute Gasteiger partial charge is 0.177 e. The molecule has 0 rings (SSSR count). The molecule has 0 atom stereocenters. The number of carbonyl (C=O) groups excluding carboxylic acids is 1. The number of nitrogens with zero attached hydrogens (tertiary/aromatic N) is 1. The van der Waals surface area contributed by atoms with E-state index in [9.17, 15) is 4.79 Å². The first-order valence-electron chi connectivity index (χ1n) is 3.94. The van der Waals surface area contributed by atoms with Crippen molar-refractivity contribution in [3.05, 3.63) is 0 Å². The average molecular weight is 157 g/mol. The highest BCUT2D eigenvalue weighted by molar-refractivity contribution is 6.38. The molecule has 0 aromatic heterocycles. The van der Waals surface area contributed by atoms with E-state index in [1.54, 1.807) is 0 Å². The monoisotopic (exact) mass is 157 g/mol. The first-order valence-corrected chi connectivity index (χ1v) is 3.94. The van der Waals surface area contributed by atoms with Crippen LogP contribution >= 0.6 is 0 Å². The van der Waals surface area contributed by atoms with Crippen LogP contribution in [-0.2, 0) is 4.79 Å². The summed E-state index contributed by atoms with van der Waals surface area (Å²) in [5, 5.41) is 11.3. The fourth-order valence-electron chi connectivity index (χ4n) is 0.839. The molecule has 0 heterocycles. The second-order valence-corrected chi connectivity index (χ2v) is 2.56. The highest BCUT2D eigenvalue weighted by Crippen LogP contribution is 2.01. The molecule has 0 aliphatic rings. The lowest BCUT2D eigenvalue weighted by Gasteiger charge is -1.97. The third-order valence-corrected chi connectivity index (χ3v) is 1.54. The third-order valence-electron chi connectivity index (χ3n) is 1.54. The maximum absolute atomic E-state index is 10.7. The molecule has 0 unspecified atom stereocenters. The fourth-order valence-corrected chi connectivity index (χ4v) is 0.839. The zero-order chi connectivity index (χ0) is 8.69. The van der Waals surface area contributed by atoms with Crippen LogP contribution < -0.4 is 0 Å². The Morgan fingerprint density at radius 2 is 2.09 bits per heavy atom. The molecule has 0 saturated heterocycles. The summed E-state index contributed by atoms with van der Waals surface area (Å²) in [6.45, 7) is 3.50. The Kier molecular flexibility index (Phi) is 5.43. The van der Waals surface area contributed by atoms with Crippen LogP contribution in [-0.4, -0.2) is 16.7 Å². The summed E-state index contributed by atoms with van der Waals surface area (Å²) in [6.07, 6.45) is 3.71. The Balaban J connectivity index is 3.63. The highest BCUT2D eigenvalue weighted by Gasteiger charge is 2.04. The number of Topliss-reactive ketones (excluding diaryl/α,β-unsaturated/α-hetero) is 1. The fraction of sp³-hybridized carbons (Fsp3) is 0.750. The van der Waals surface area contributed by atoms with Gasteiger partial charge in [0, 0.05) is 6.92 Å². The van der Waals surface area contributed by atoms with E-state index >= 15 is 0 Å². The van der Waals surface area contributed by atoms with E-state index < -0.39 is 0 Å². The van der Waals surface area contributed by atoms with E-state index in [0.29, 0.717) is 12.1 Å². The summed E-state index contributed by atoms with van der Waals surface area (Å²) < 4.78 is 0. The predicted molar refractivity (Wildman–Crippen MR) is 44.0 cm³/mol. The Labute approximate surface area is 67.1 Å². The van der Waals surface area contributed by atoms with E-state index in [-0.39, 0.29) is 5.78 Å². The van der Waals surface area contributed by atoms with Gasteiger partial charge in [0.05, 0.1) is 0 Å². The largest absolute Gasteiger partial charge is 0.411 e. The number of hydrogen-bond donors (Lipinski definition) is 1. The first-order chi connectivity index (χ1) is 5.22. The number of carbonyl (C=O) groups is 1. The van der Waals surface area contributed by atoms with E-state index in [2.05, 4.69) is 12.1 Å². The van der Waals surface area contributed by atoms with Crippen molar-refractivity contribution in [2.24, 2.45) is 5.16 Å². The van der Waals surface area contributed by atoms with Gasteiger partial charge in [-0.1, -0.05) is 24.9 Å². The summed E-state index contributed by atoms with van der Waals surface area (Å²) in [4.78, 5) is 10.7. The van der Waals surface area contributed by atoms with E-state index in [4.69, 9.17) is 5.21 Å². The Hall–Kier alpha value is -0.860. The number of rotatable bonds is 5. The van der Waals surface area contributed by atoms with Crippen molar-refractivity contribution in [3.8, 4) is 0 Å². The normalized spacial score (nSPS) is 11.6. The summed E-state index contributed by atoms with van der Waals surface area (Å²) in [6, 6.07) is 0. The molecule has 0 amide bonds. The highest BCUT2D eigenvalue weighted by atomic mass is 16.4. The minimum atomic E-state index is -0.136. The predicted octanol–water partition coefficient (Wildman–Crippen LogP) is 1.99. The first kappa shape index (κ1) is 10.1. The molecule has 0 bridgehead atoms. The standard InChI is InChI=1S/C8H15NO2/c1-3-4-5-6-8(9-11)7(2)10/h11H,3-6H2,1-2H3/b9-8+. The van der Waals surface area contributed by atoms with Crippen molar-refractivity contribution < 1.29 is 10.0 Å². The number of unbranched alkanes of at least 4 members (excludes halogenated alkanes) is 2. The maximum atomic E-state index is 10.7. The molecular formula is C8H15NO2. The Bertz CT molecular complexity index is 152. The molecule has 0 aromatic rings. The van der Waals surface area contributed by atoms with Crippen molar-refractivity contribution in [1.82, 2.24) is 0 Å². The van der Waals surface area contributed by atoms with Crippen LogP contribution in [0.1, 0.15) is 39.5 Å². The van der Waals surface area contributed by atoms with Gasteiger partial charge in [0.15, 0.2) is 5.78 Å². The average Bonchev–Trinajstić information content (AvgIpc) is 1.97. The second kappa shape index (κ2) is 5.89. The van der Waals surface area contributed by atoms with Gasteiger partial charge in [-0.25, -0.2) is 0 Å². The van der Waals surface area contributed by atoms with E-state index in [0.717, 1.165) is 19.3 Å². The van der Waals surface area contributed by atoms with Crippen LogP contribution in [0.3, 0.4) is 0 Å². The number of oxime groups is 1. The van der Waals surface area contributed by atoms with Gasteiger partial charge in [-0.15, -0.1) is 0 Å². The minimum Gasteiger partial charge on any atom is -0.411 e. The molecule has 0 radical (unpaired) electrons. The SMILES string of the molecule is CCCCC/C(=N\O)C(C)=O. The van der Waals surface area contributed by atoms with Gasteiger partial charge >= 0.3 is 0 Å². The van der Waals surface area contributed by atoms with E-state index in [1.165, 1.54) is 6.92 Å². The van der Waals surface area contributed by atoms with E-state index in [1.807, 2.05) is 0 Å². The van der Waals surface area contributed by atoms with Gasteiger partial charge in [0.2, 0.25) is 0 Å². The summed E-state index contributed by atoms with van der Waals surface area (Å²) in [7, 11) is 0. The summed E-state index contributed by atoms with van der Waals surface area (Å²) in [5.41, 5.74) is 0.290. The second-order valence-electron chi connectivity index (χ2n) is 2.56. The number of ketones is 1. The summed E-state index contributed by atoms with van der Waals surface area (Å²) >= 11 is 0. The zero-order valence-electron chi connectivity index (χ0n) is 7.13. The molecule has 1 N–H and O–H groups in total. The molecule has 0 aromatic carbocycles. The van der Waals surface area contributed by atoms with Gasteiger partial charge in [0.1, 0.15) is 5.71 Å². The molecule has 0 aliphatic heterocycles. The third kappa shape index (κ3) is 4.53. The van der Waals surface area contributed by atoms with Gasteiger partial charge < -0.3 is 5.21 Å². The van der Waals surface area contributed by atoms with Crippen molar-refractivity contribution >= 4 is 11.5 Å². The zero-order valence-corrected chi connectivity index (χ0v) is 7.13. The van der Waals surface area contributed by atoms with Crippen LogP contribution in [0.15, 0.2) is 5.16 Å². The lowest BCUT2D eigenvalue weighted by Crippen LogP contribution is -2.09. The van der Waals surface area contributed by atoms with Gasteiger partial charge in [0.25, 0.3) is 0 Å². The van der Waals surface area contributed by atoms with Crippen molar-refractivity contribution in [2.75, 3.05) is 0 Å². The van der Waals surface area contributed by atoms with Gasteiger partial charge in [-0.3, -0.25) is 4.79 Å². The van der Waals surface area contributed by atoms with Crippen LogP contribution in [0, 0.1) is 0 Å². The lowest BCUT2D eigenvalue weighted by atomic mass is 10.1. The topological polar surface area (TPSA) is 49.7 Å². The van der Waals surface area contributed by atoms with Crippen molar-refractivity contribution in [3.63, 3.8) is 0 Å².